The van der Waals surface area contributed by atoms with E-state index in [0.717, 1.165) is 51.5 Å². The second-order valence-corrected chi connectivity index (χ2v) is 7.20. The molecule has 0 radical (unpaired) electrons. The Morgan fingerprint density at radius 2 is 1.81 bits per heavy atom. The lowest BCUT2D eigenvalue weighted by Gasteiger charge is -2.27. The highest BCUT2D eigenvalue weighted by Crippen LogP contribution is 2.15. The normalized spacial score (nSPS) is 14.5. The van der Waals surface area contributed by atoms with Crippen molar-refractivity contribution in [3.05, 3.63) is 65.2 Å². The number of nitrogens with one attached hydrogen (secondary N) is 2. The lowest BCUT2D eigenvalue weighted by atomic mass is 10.1. The number of morpholine rings is 1. The van der Waals surface area contributed by atoms with Crippen LogP contribution in [0.3, 0.4) is 0 Å². The fourth-order valence-corrected chi connectivity index (χ4v) is 3.28. The van der Waals surface area contributed by atoms with Gasteiger partial charge in [0.15, 0.2) is 17.6 Å². The van der Waals surface area contributed by atoms with Crippen LogP contribution in [0.5, 0.6) is 5.75 Å². The van der Waals surface area contributed by atoms with Crippen LogP contribution >= 0.6 is 24.0 Å². The quantitative estimate of drug-likeness (QED) is 0.213. The van der Waals surface area contributed by atoms with Gasteiger partial charge in [-0.15, -0.1) is 24.0 Å². The molecule has 2 aromatic rings. The summed E-state index contributed by atoms with van der Waals surface area (Å²) in [7, 11) is 0. The molecule has 1 heterocycles. The van der Waals surface area contributed by atoms with Gasteiger partial charge >= 0.3 is 0 Å². The van der Waals surface area contributed by atoms with Crippen molar-refractivity contribution in [1.29, 1.82) is 0 Å². The van der Waals surface area contributed by atoms with Gasteiger partial charge in [0.1, 0.15) is 12.4 Å². The molecule has 176 valence electrons. The lowest BCUT2D eigenvalue weighted by molar-refractivity contribution is 0.0341. The largest absolute Gasteiger partial charge is 0.492 e. The molecule has 32 heavy (non-hydrogen) atoms. The molecular formula is C23H31F2IN4O2. The Morgan fingerprint density at radius 1 is 1.06 bits per heavy atom. The van der Waals surface area contributed by atoms with E-state index in [1.807, 2.05) is 13.0 Å². The molecule has 2 aromatic carbocycles. The van der Waals surface area contributed by atoms with Crippen LogP contribution in [-0.2, 0) is 17.8 Å². The van der Waals surface area contributed by atoms with E-state index in [-0.39, 0.29) is 24.0 Å². The van der Waals surface area contributed by atoms with Crippen LogP contribution in [0.1, 0.15) is 18.1 Å². The van der Waals surface area contributed by atoms with Gasteiger partial charge in [0.2, 0.25) is 0 Å². The highest BCUT2D eigenvalue weighted by Gasteiger charge is 2.12. The number of rotatable bonds is 9. The van der Waals surface area contributed by atoms with Gasteiger partial charge in [-0.2, -0.15) is 0 Å². The van der Waals surface area contributed by atoms with Crippen molar-refractivity contribution in [1.82, 2.24) is 15.5 Å². The summed E-state index contributed by atoms with van der Waals surface area (Å²) in [5.74, 6) is -0.839. The van der Waals surface area contributed by atoms with E-state index in [1.165, 1.54) is 17.2 Å². The number of hydrogen-bond donors (Lipinski definition) is 2. The molecule has 0 spiro atoms. The van der Waals surface area contributed by atoms with Crippen LogP contribution in [0.25, 0.3) is 0 Å². The van der Waals surface area contributed by atoms with Crippen molar-refractivity contribution >= 4 is 29.9 Å². The van der Waals surface area contributed by atoms with E-state index in [2.05, 4.69) is 33.7 Å². The molecule has 9 heteroatoms. The van der Waals surface area contributed by atoms with Crippen molar-refractivity contribution in [3.8, 4) is 5.75 Å². The number of aliphatic imine (C=N–C) groups is 1. The van der Waals surface area contributed by atoms with Gasteiger partial charge in [0.25, 0.3) is 0 Å². The van der Waals surface area contributed by atoms with E-state index in [0.29, 0.717) is 31.4 Å². The maximum Gasteiger partial charge on any atom is 0.191 e. The molecular weight excluding hydrogens is 529 g/mol. The summed E-state index contributed by atoms with van der Waals surface area (Å²) in [6, 6.07) is 11.8. The Kier molecular flexibility index (Phi) is 11.7. The highest BCUT2D eigenvalue weighted by atomic mass is 127. The van der Waals surface area contributed by atoms with E-state index in [4.69, 9.17) is 14.5 Å². The molecule has 0 aliphatic carbocycles. The zero-order chi connectivity index (χ0) is 21.9. The van der Waals surface area contributed by atoms with E-state index < -0.39 is 11.6 Å². The zero-order valence-electron chi connectivity index (χ0n) is 18.3. The molecule has 6 nitrogen and oxygen atoms in total. The molecule has 1 fully saturated rings. The molecule has 0 atom stereocenters. The van der Waals surface area contributed by atoms with E-state index in [9.17, 15) is 8.78 Å². The van der Waals surface area contributed by atoms with Gasteiger partial charge in [-0.1, -0.05) is 24.3 Å². The van der Waals surface area contributed by atoms with Crippen molar-refractivity contribution in [2.75, 3.05) is 46.0 Å². The predicted molar refractivity (Wildman–Crippen MR) is 133 cm³/mol. The summed E-state index contributed by atoms with van der Waals surface area (Å²) in [6.45, 7) is 8.39. The number of hydrogen-bond acceptors (Lipinski definition) is 4. The molecule has 1 saturated heterocycles. The molecule has 1 aliphatic heterocycles. The standard InChI is InChI=1S/C23H30F2N4O2.HI/c1-2-26-23(27-9-12-31-20-7-8-21(24)22(25)15-20)28-16-18-5-3-4-6-19(18)17-29-10-13-30-14-11-29;/h3-8,15H,2,9-14,16-17H2,1H3,(H2,26,27,28);1H. The Hall–Kier alpha value is -1.98. The molecule has 0 aromatic heterocycles. The number of benzene rings is 2. The van der Waals surface area contributed by atoms with Crippen molar-refractivity contribution in [2.45, 2.75) is 20.0 Å². The van der Waals surface area contributed by atoms with Crippen LogP contribution in [0.15, 0.2) is 47.5 Å². The van der Waals surface area contributed by atoms with Gasteiger partial charge in [-0.3, -0.25) is 4.90 Å². The molecule has 3 rings (SSSR count). The second-order valence-electron chi connectivity index (χ2n) is 7.20. The third-order valence-electron chi connectivity index (χ3n) is 4.92. The van der Waals surface area contributed by atoms with Crippen LogP contribution in [0, 0.1) is 11.6 Å². The maximum atomic E-state index is 13.3. The van der Waals surface area contributed by atoms with Crippen LogP contribution in [0.4, 0.5) is 8.78 Å². The Labute approximate surface area is 205 Å². The minimum absolute atomic E-state index is 0. The first-order chi connectivity index (χ1) is 15.2. The highest BCUT2D eigenvalue weighted by molar-refractivity contribution is 14.0. The predicted octanol–water partition coefficient (Wildman–Crippen LogP) is 3.55. The minimum Gasteiger partial charge on any atom is -0.492 e. The number of nitrogens with zero attached hydrogens (tertiary/aromatic N) is 2. The Morgan fingerprint density at radius 3 is 2.53 bits per heavy atom. The average Bonchev–Trinajstić information content (AvgIpc) is 2.79. The van der Waals surface area contributed by atoms with Crippen LogP contribution < -0.4 is 15.4 Å². The van der Waals surface area contributed by atoms with Crippen molar-refractivity contribution in [2.24, 2.45) is 4.99 Å². The fraction of sp³-hybridized carbons (Fsp3) is 0.435. The summed E-state index contributed by atoms with van der Waals surface area (Å²) < 4.78 is 37.1. The molecule has 2 N–H and O–H groups in total. The third-order valence-corrected chi connectivity index (χ3v) is 4.92. The van der Waals surface area contributed by atoms with Crippen LogP contribution in [-0.4, -0.2) is 56.9 Å². The number of halogens is 3. The fourth-order valence-electron chi connectivity index (χ4n) is 3.28. The van der Waals surface area contributed by atoms with Gasteiger partial charge < -0.3 is 20.1 Å². The first-order valence-electron chi connectivity index (χ1n) is 10.6. The van der Waals surface area contributed by atoms with Gasteiger partial charge in [-0.05, 0) is 30.2 Å². The monoisotopic (exact) mass is 560 g/mol. The topological polar surface area (TPSA) is 58.1 Å². The zero-order valence-corrected chi connectivity index (χ0v) is 20.6. The molecule has 1 aliphatic rings. The molecule has 0 bridgehead atoms. The number of guanidine groups is 1. The summed E-state index contributed by atoms with van der Waals surface area (Å²) >= 11 is 0. The Bertz CT molecular complexity index is 864. The van der Waals surface area contributed by atoms with Crippen LogP contribution in [0.2, 0.25) is 0 Å². The molecule has 0 amide bonds. The second kappa shape index (κ2) is 14.2. The van der Waals surface area contributed by atoms with Crippen molar-refractivity contribution < 1.29 is 18.3 Å². The summed E-state index contributed by atoms with van der Waals surface area (Å²) in [6.07, 6.45) is 0. The third kappa shape index (κ3) is 8.51. The minimum atomic E-state index is -0.920. The van der Waals surface area contributed by atoms with Gasteiger partial charge in [0.05, 0.1) is 26.3 Å². The first-order valence-corrected chi connectivity index (χ1v) is 10.6. The van der Waals surface area contributed by atoms with Gasteiger partial charge in [0, 0.05) is 32.2 Å². The maximum absolute atomic E-state index is 13.3. The lowest BCUT2D eigenvalue weighted by Crippen LogP contribution is -2.39. The smallest absolute Gasteiger partial charge is 0.191 e. The number of ether oxygens (including phenoxy) is 2. The first kappa shape index (κ1) is 26.3. The van der Waals surface area contributed by atoms with E-state index >= 15 is 0 Å². The molecule has 0 saturated carbocycles. The summed E-state index contributed by atoms with van der Waals surface area (Å²) in [5, 5.41) is 6.42. The van der Waals surface area contributed by atoms with E-state index in [1.54, 1.807) is 0 Å². The van der Waals surface area contributed by atoms with Crippen molar-refractivity contribution in [3.63, 3.8) is 0 Å². The van der Waals surface area contributed by atoms with Gasteiger partial charge in [-0.25, -0.2) is 13.8 Å². The Balaban J connectivity index is 0.00000363. The summed E-state index contributed by atoms with van der Waals surface area (Å²) in [5.41, 5.74) is 2.45. The summed E-state index contributed by atoms with van der Waals surface area (Å²) in [4.78, 5) is 7.09. The average molecular weight is 560 g/mol. The molecule has 0 unspecified atom stereocenters. The SMILES string of the molecule is CCNC(=NCc1ccccc1CN1CCOCC1)NCCOc1ccc(F)c(F)c1.I.